The van der Waals surface area contributed by atoms with E-state index in [2.05, 4.69) is 27.3 Å². The third-order valence-corrected chi connectivity index (χ3v) is 4.36. The number of aromatic nitrogens is 1. The van der Waals surface area contributed by atoms with E-state index in [1.165, 1.54) is 0 Å². The van der Waals surface area contributed by atoms with Crippen molar-refractivity contribution in [3.05, 3.63) is 60.4 Å². The van der Waals surface area contributed by atoms with E-state index in [1.54, 1.807) is 24.5 Å². The van der Waals surface area contributed by atoms with Gasteiger partial charge in [-0.2, -0.15) is 0 Å². The fraction of sp³-hybridized carbons (Fsp3) is 0.368. The van der Waals surface area contributed by atoms with E-state index in [9.17, 15) is 9.90 Å². The van der Waals surface area contributed by atoms with Gasteiger partial charge < -0.3 is 10.4 Å². The van der Waals surface area contributed by atoms with E-state index in [0.717, 1.165) is 24.1 Å². The zero-order valence-electron chi connectivity index (χ0n) is 13.6. The number of hydrogen-bond acceptors (Lipinski definition) is 4. The lowest BCUT2D eigenvalue weighted by Gasteiger charge is -2.30. The second-order valence-electron chi connectivity index (χ2n) is 6.26. The Balaban J connectivity index is 1.68. The molecule has 1 aromatic carbocycles. The Labute approximate surface area is 142 Å². The minimum absolute atomic E-state index is 0.0356. The van der Waals surface area contributed by atoms with E-state index in [-0.39, 0.29) is 25.1 Å². The van der Waals surface area contributed by atoms with Crippen molar-refractivity contribution >= 4 is 11.6 Å². The zero-order valence-corrected chi connectivity index (χ0v) is 13.6. The van der Waals surface area contributed by atoms with Gasteiger partial charge in [0.25, 0.3) is 0 Å². The van der Waals surface area contributed by atoms with Crippen molar-refractivity contribution < 1.29 is 9.90 Å². The summed E-state index contributed by atoms with van der Waals surface area (Å²) in [5, 5.41) is 12.7. The zero-order chi connectivity index (χ0) is 16.8. The number of nitrogens with zero attached hydrogens (tertiary/aromatic N) is 2. The highest BCUT2D eigenvalue weighted by Gasteiger charge is 2.35. The van der Waals surface area contributed by atoms with Crippen molar-refractivity contribution in [1.82, 2.24) is 9.88 Å². The third-order valence-electron chi connectivity index (χ3n) is 4.36. The number of carbonyl (C=O) groups is 1. The highest BCUT2D eigenvalue weighted by molar-refractivity contribution is 5.92. The van der Waals surface area contributed by atoms with Gasteiger partial charge in [0, 0.05) is 30.7 Å². The molecule has 1 aromatic heterocycles. The molecule has 5 heteroatoms. The highest BCUT2D eigenvalue weighted by Crippen LogP contribution is 2.35. The summed E-state index contributed by atoms with van der Waals surface area (Å²) in [6.07, 6.45) is 5.56. The van der Waals surface area contributed by atoms with Gasteiger partial charge >= 0.3 is 0 Å². The van der Waals surface area contributed by atoms with E-state index in [4.69, 9.17) is 0 Å². The maximum atomic E-state index is 12.4. The van der Waals surface area contributed by atoms with E-state index >= 15 is 0 Å². The molecule has 1 atom stereocenters. The summed E-state index contributed by atoms with van der Waals surface area (Å²) < 4.78 is 0. The lowest BCUT2D eigenvalue weighted by atomic mass is 10.1. The van der Waals surface area contributed by atoms with Gasteiger partial charge in [-0.1, -0.05) is 30.3 Å². The molecule has 1 unspecified atom stereocenters. The molecule has 0 spiro atoms. The van der Waals surface area contributed by atoms with Crippen molar-refractivity contribution in [2.24, 2.45) is 5.92 Å². The van der Waals surface area contributed by atoms with Crippen LogP contribution in [0.5, 0.6) is 0 Å². The SMILES string of the molecule is O=C(CN(Cc1ccccc1)C(CO)C1CC1)Nc1ccncc1. The Morgan fingerprint density at radius 2 is 1.92 bits per heavy atom. The van der Waals surface area contributed by atoms with E-state index < -0.39 is 0 Å². The van der Waals surface area contributed by atoms with Crippen molar-refractivity contribution in [3.8, 4) is 0 Å². The van der Waals surface area contributed by atoms with Gasteiger partial charge in [-0.15, -0.1) is 0 Å². The number of aliphatic hydroxyl groups is 1. The Kier molecular flexibility index (Phi) is 5.56. The average Bonchev–Trinajstić information content (AvgIpc) is 3.42. The third kappa shape index (κ3) is 4.63. The van der Waals surface area contributed by atoms with E-state index in [1.807, 2.05) is 18.2 Å². The molecule has 3 rings (SSSR count). The summed E-state index contributed by atoms with van der Waals surface area (Å²) in [4.78, 5) is 18.5. The van der Waals surface area contributed by atoms with Gasteiger partial charge in [-0.3, -0.25) is 14.7 Å². The fourth-order valence-electron chi connectivity index (χ4n) is 2.97. The summed E-state index contributed by atoms with van der Waals surface area (Å²) in [7, 11) is 0. The summed E-state index contributed by atoms with van der Waals surface area (Å²) in [6, 6.07) is 13.6. The molecule has 2 N–H and O–H groups in total. The maximum Gasteiger partial charge on any atom is 0.238 e. The summed E-state index contributed by atoms with van der Waals surface area (Å²) in [5.74, 6) is 0.420. The first-order chi connectivity index (χ1) is 11.8. The minimum Gasteiger partial charge on any atom is -0.395 e. The number of hydrogen-bond donors (Lipinski definition) is 2. The van der Waals surface area contributed by atoms with Crippen LogP contribution in [0.15, 0.2) is 54.9 Å². The van der Waals surface area contributed by atoms with Crippen LogP contribution in [0, 0.1) is 5.92 Å². The van der Waals surface area contributed by atoms with Crippen LogP contribution in [0.2, 0.25) is 0 Å². The topological polar surface area (TPSA) is 65.5 Å². The first-order valence-electron chi connectivity index (χ1n) is 8.35. The van der Waals surface area contributed by atoms with Gasteiger partial charge in [0.2, 0.25) is 5.91 Å². The average molecular weight is 325 g/mol. The molecule has 1 amide bonds. The molecule has 1 heterocycles. The van der Waals surface area contributed by atoms with Gasteiger partial charge in [0.05, 0.1) is 13.2 Å². The number of rotatable bonds is 8. The van der Waals surface area contributed by atoms with Crippen LogP contribution in [0.4, 0.5) is 5.69 Å². The number of benzene rings is 1. The van der Waals surface area contributed by atoms with Crippen molar-refractivity contribution in [2.45, 2.75) is 25.4 Å². The Morgan fingerprint density at radius 1 is 1.21 bits per heavy atom. The molecule has 1 fully saturated rings. The van der Waals surface area contributed by atoms with Crippen LogP contribution in [0.25, 0.3) is 0 Å². The van der Waals surface area contributed by atoms with E-state index in [0.29, 0.717) is 12.5 Å². The van der Waals surface area contributed by atoms with Crippen molar-refractivity contribution in [1.29, 1.82) is 0 Å². The van der Waals surface area contributed by atoms with Crippen LogP contribution in [-0.4, -0.2) is 40.1 Å². The molecule has 0 radical (unpaired) electrons. The molecule has 1 aliphatic rings. The summed E-state index contributed by atoms with van der Waals surface area (Å²) in [5.41, 5.74) is 1.88. The Bertz CT molecular complexity index is 644. The predicted molar refractivity (Wildman–Crippen MR) is 93.3 cm³/mol. The van der Waals surface area contributed by atoms with Crippen LogP contribution < -0.4 is 5.32 Å². The molecular weight excluding hydrogens is 302 g/mol. The minimum atomic E-state index is -0.0729. The van der Waals surface area contributed by atoms with Crippen molar-refractivity contribution in [3.63, 3.8) is 0 Å². The molecule has 0 bridgehead atoms. The Morgan fingerprint density at radius 3 is 2.54 bits per heavy atom. The Hall–Kier alpha value is -2.24. The monoisotopic (exact) mass is 325 g/mol. The molecule has 5 nitrogen and oxygen atoms in total. The molecule has 0 saturated heterocycles. The number of pyridine rings is 1. The summed E-state index contributed by atoms with van der Waals surface area (Å²) in [6.45, 7) is 1.01. The fourth-order valence-corrected chi connectivity index (χ4v) is 2.97. The quantitative estimate of drug-likeness (QED) is 0.781. The number of aliphatic hydroxyl groups excluding tert-OH is 1. The molecule has 0 aliphatic heterocycles. The lowest BCUT2D eigenvalue weighted by molar-refractivity contribution is -0.118. The normalized spacial score (nSPS) is 15.2. The van der Waals surface area contributed by atoms with Gasteiger partial charge in [0.1, 0.15) is 0 Å². The molecule has 2 aromatic rings. The van der Waals surface area contributed by atoms with Gasteiger partial charge in [0.15, 0.2) is 0 Å². The number of carbonyl (C=O) groups excluding carboxylic acids is 1. The predicted octanol–water partition coefficient (Wildman–Crippen LogP) is 2.29. The number of nitrogens with one attached hydrogen (secondary N) is 1. The standard InChI is InChI=1S/C19H23N3O2/c23-14-18(16-6-7-16)22(12-15-4-2-1-3-5-15)13-19(24)21-17-8-10-20-11-9-17/h1-5,8-11,16,18,23H,6-7,12-14H2,(H,20,21,24). The first kappa shape index (κ1) is 16.6. The second kappa shape index (κ2) is 8.04. The highest BCUT2D eigenvalue weighted by atomic mass is 16.3. The maximum absolute atomic E-state index is 12.4. The second-order valence-corrected chi connectivity index (χ2v) is 6.26. The summed E-state index contributed by atoms with van der Waals surface area (Å²) >= 11 is 0. The smallest absolute Gasteiger partial charge is 0.238 e. The van der Waals surface area contributed by atoms with Crippen LogP contribution in [0.3, 0.4) is 0 Å². The van der Waals surface area contributed by atoms with Crippen LogP contribution in [-0.2, 0) is 11.3 Å². The van der Waals surface area contributed by atoms with Crippen molar-refractivity contribution in [2.75, 3.05) is 18.5 Å². The number of amides is 1. The van der Waals surface area contributed by atoms with Crippen LogP contribution in [0.1, 0.15) is 18.4 Å². The molecule has 24 heavy (non-hydrogen) atoms. The lowest BCUT2D eigenvalue weighted by Crippen LogP contribution is -2.43. The molecule has 1 aliphatic carbocycles. The largest absolute Gasteiger partial charge is 0.395 e. The molecular formula is C19H23N3O2. The van der Waals surface area contributed by atoms with Gasteiger partial charge in [-0.05, 0) is 36.5 Å². The van der Waals surface area contributed by atoms with Crippen LogP contribution >= 0.6 is 0 Å². The van der Waals surface area contributed by atoms with Gasteiger partial charge in [-0.25, -0.2) is 0 Å². The number of anilines is 1. The molecule has 1 saturated carbocycles. The first-order valence-corrected chi connectivity index (χ1v) is 8.35. The molecule has 126 valence electrons.